The molecule has 0 heterocycles. The van der Waals surface area contributed by atoms with Crippen molar-refractivity contribution in [2.24, 2.45) is 5.92 Å². The fourth-order valence-corrected chi connectivity index (χ4v) is 1.38. The van der Waals surface area contributed by atoms with E-state index in [0.29, 0.717) is 5.82 Å². The molecule has 0 amide bonds. The number of allylic oxidation sites excluding steroid dienone is 1. The van der Waals surface area contributed by atoms with Gasteiger partial charge in [0.15, 0.2) is 0 Å². The predicted octanol–water partition coefficient (Wildman–Crippen LogP) is 2.32. The summed E-state index contributed by atoms with van der Waals surface area (Å²) in [7, 11) is 5.72. The van der Waals surface area contributed by atoms with Gasteiger partial charge < -0.3 is 0 Å². The molecule has 0 unspecified atom stereocenters. The summed E-state index contributed by atoms with van der Waals surface area (Å²) in [5, 5.41) is 0. The minimum Gasteiger partial charge on any atom is -0.103 e. The molecule has 1 rings (SSSR count). The Morgan fingerprint density at radius 2 is 1.78 bits per heavy atom. The first kappa shape index (κ1) is 6.92. The molecule has 1 fully saturated rings. The van der Waals surface area contributed by atoms with Gasteiger partial charge in [-0.1, -0.05) is 24.7 Å². The summed E-state index contributed by atoms with van der Waals surface area (Å²) in [5.41, 5.74) is 0. The third-order valence-corrected chi connectivity index (χ3v) is 2.15. The molecule has 0 atom stereocenters. The second-order valence-electron chi connectivity index (χ2n) is 2.91. The van der Waals surface area contributed by atoms with Gasteiger partial charge in [0.1, 0.15) is 0 Å². The molecule has 1 saturated carbocycles. The summed E-state index contributed by atoms with van der Waals surface area (Å²) in [6.07, 6.45) is 6.95. The minimum absolute atomic E-state index is 0.473. The maximum atomic E-state index is 5.72. The third kappa shape index (κ3) is 1.89. The van der Waals surface area contributed by atoms with Gasteiger partial charge in [-0.15, -0.1) is 6.58 Å². The zero-order valence-electron chi connectivity index (χ0n) is 5.84. The summed E-state index contributed by atoms with van der Waals surface area (Å²) in [5.74, 6) is 1.23. The van der Waals surface area contributed by atoms with Crippen LogP contribution in [0.25, 0.3) is 0 Å². The van der Waals surface area contributed by atoms with E-state index in [-0.39, 0.29) is 0 Å². The van der Waals surface area contributed by atoms with E-state index in [1.807, 2.05) is 0 Å². The highest BCUT2D eigenvalue weighted by Gasteiger charge is 2.14. The van der Waals surface area contributed by atoms with Gasteiger partial charge in [0.05, 0.1) is 7.85 Å². The minimum atomic E-state index is 0.473. The molecule has 1 aliphatic carbocycles. The fourth-order valence-electron chi connectivity index (χ4n) is 1.38. The van der Waals surface area contributed by atoms with Crippen molar-refractivity contribution in [3.8, 4) is 0 Å². The van der Waals surface area contributed by atoms with Gasteiger partial charge >= 0.3 is 0 Å². The maximum Gasteiger partial charge on any atom is 0.0699 e. The molecule has 1 aliphatic rings. The molecule has 0 aromatic rings. The van der Waals surface area contributed by atoms with Gasteiger partial charge in [-0.25, -0.2) is 0 Å². The van der Waals surface area contributed by atoms with E-state index in [0.717, 1.165) is 5.92 Å². The lowest BCUT2D eigenvalue weighted by Crippen LogP contribution is -2.08. The van der Waals surface area contributed by atoms with Crippen LogP contribution in [0.1, 0.15) is 25.7 Å². The first-order chi connectivity index (χ1) is 4.33. The molecule has 0 aromatic heterocycles. The van der Waals surface area contributed by atoms with Crippen LogP contribution >= 0.6 is 0 Å². The van der Waals surface area contributed by atoms with E-state index < -0.39 is 0 Å². The second kappa shape index (κ2) is 3.10. The van der Waals surface area contributed by atoms with Crippen LogP contribution in [0.15, 0.2) is 12.7 Å². The highest BCUT2D eigenvalue weighted by molar-refractivity contribution is 6.11. The van der Waals surface area contributed by atoms with E-state index in [4.69, 9.17) is 7.85 Å². The van der Waals surface area contributed by atoms with E-state index in [1.54, 1.807) is 0 Å². The Morgan fingerprint density at radius 3 is 2.22 bits per heavy atom. The molecular formula is C8H13B. The number of rotatable bonds is 1. The summed E-state index contributed by atoms with van der Waals surface area (Å²) < 4.78 is 0. The van der Waals surface area contributed by atoms with Gasteiger partial charge in [-0.3, -0.25) is 0 Å². The van der Waals surface area contributed by atoms with Crippen LogP contribution in [-0.2, 0) is 0 Å². The molecule has 48 valence electrons. The van der Waals surface area contributed by atoms with Gasteiger partial charge in [0.2, 0.25) is 0 Å². The average Bonchev–Trinajstić information content (AvgIpc) is 1.90. The van der Waals surface area contributed by atoms with E-state index in [1.165, 1.54) is 25.7 Å². The molecule has 2 radical (unpaired) electrons. The van der Waals surface area contributed by atoms with Crippen LogP contribution in [0.2, 0.25) is 5.82 Å². The van der Waals surface area contributed by atoms with Crippen LogP contribution in [0.5, 0.6) is 0 Å². The molecule has 9 heavy (non-hydrogen) atoms. The van der Waals surface area contributed by atoms with Crippen molar-refractivity contribution in [3.63, 3.8) is 0 Å². The molecular weight excluding hydrogens is 107 g/mol. The smallest absolute Gasteiger partial charge is 0.0699 e. The van der Waals surface area contributed by atoms with Crippen molar-refractivity contribution in [3.05, 3.63) is 12.7 Å². The first-order valence-electron chi connectivity index (χ1n) is 3.71. The molecule has 1 heteroatoms. The molecule has 0 spiro atoms. The summed E-state index contributed by atoms with van der Waals surface area (Å²) in [6, 6.07) is 0. The normalized spacial score (nSPS) is 36.0. The van der Waals surface area contributed by atoms with Crippen molar-refractivity contribution in [2.75, 3.05) is 0 Å². The van der Waals surface area contributed by atoms with Gasteiger partial charge in [-0.2, -0.15) is 0 Å². The van der Waals surface area contributed by atoms with Crippen molar-refractivity contribution in [2.45, 2.75) is 31.5 Å². The van der Waals surface area contributed by atoms with Crippen LogP contribution < -0.4 is 0 Å². The zero-order chi connectivity index (χ0) is 6.69. The van der Waals surface area contributed by atoms with Crippen molar-refractivity contribution < 1.29 is 0 Å². The van der Waals surface area contributed by atoms with Crippen molar-refractivity contribution in [1.29, 1.82) is 0 Å². The number of hydrogen-bond donors (Lipinski definition) is 0. The van der Waals surface area contributed by atoms with E-state index in [2.05, 4.69) is 12.7 Å². The highest BCUT2D eigenvalue weighted by atomic mass is 14.2. The Bertz CT molecular complexity index is 90.7. The van der Waals surface area contributed by atoms with Gasteiger partial charge in [-0.05, 0) is 18.8 Å². The lowest BCUT2D eigenvalue weighted by Gasteiger charge is -2.23. The lowest BCUT2D eigenvalue weighted by atomic mass is 9.72. The average molecular weight is 120 g/mol. The summed E-state index contributed by atoms with van der Waals surface area (Å²) in [6.45, 7) is 3.77. The Balaban J connectivity index is 2.26. The van der Waals surface area contributed by atoms with Crippen LogP contribution in [-0.4, -0.2) is 7.85 Å². The molecule has 0 bridgehead atoms. The molecule has 0 N–H and O–H groups in total. The molecule has 0 nitrogen and oxygen atoms in total. The van der Waals surface area contributed by atoms with Crippen LogP contribution in [0, 0.1) is 5.92 Å². The fraction of sp³-hybridized carbons (Fsp3) is 0.750. The Labute approximate surface area is 58.8 Å². The maximum absolute atomic E-state index is 5.72. The predicted molar refractivity (Wildman–Crippen MR) is 41.7 cm³/mol. The van der Waals surface area contributed by atoms with Crippen LogP contribution in [0.3, 0.4) is 0 Å². The van der Waals surface area contributed by atoms with Gasteiger partial charge in [0, 0.05) is 0 Å². The summed E-state index contributed by atoms with van der Waals surface area (Å²) in [4.78, 5) is 0. The lowest BCUT2D eigenvalue weighted by molar-refractivity contribution is 0.420. The molecule has 0 saturated heterocycles. The Kier molecular flexibility index (Phi) is 2.38. The zero-order valence-corrected chi connectivity index (χ0v) is 5.84. The highest BCUT2D eigenvalue weighted by Crippen LogP contribution is 2.30. The monoisotopic (exact) mass is 120 g/mol. The van der Waals surface area contributed by atoms with Gasteiger partial charge in [0.25, 0.3) is 0 Å². The standard InChI is InChI=1S/C8H13B/c1-2-7-3-5-8(9)6-4-7/h2,7-8H,1,3-6H2. The number of hydrogen-bond acceptors (Lipinski definition) is 0. The SMILES string of the molecule is [B]C1CCC(C=C)CC1. The van der Waals surface area contributed by atoms with E-state index >= 15 is 0 Å². The van der Waals surface area contributed by atoms with E-state index in [9.17, 15) is 0 Å². The molecule has 0 aliphatic heterocycles. The second-order valence-corrected chi connectivity index (χ2v) is 2.91. The van der Waals surface area contributed by atoms with Crippen molar-refractivity contribution >= 4 is 7.85 Å². The first-order valence-corrected chi connectivity index (χ1v) is 3.71. The topological polar surface area (TPSA) is 0 Å². The Morgan fingerprint density at radius 1 is 1.22 bits per heavy atom. The van der Waals surface area contributed by atoms with Crippen LogP contribution in [0.4, 0.5) is 0 Å². The van der Waals surface area contributed by atoms with Crippen molar-refractivity contribution in [1.82, 2.24) is 0 Å². The largest absolute Gasteiger partial charge is 0.103 e. The summed E-state index contributed by atoms with van der Waals surface area (Å²) >= 11 is 0. The molecule has 0 aromatic carbocycles. The quantitative estimate of drug-likeness (QED) is 0.368. The Hall–Kier alpha value is -0.195. The third-order valence-electron chi connectivity index (χ3n) is 2.15.